The molecule has 1 N–H and O–H groups in total. The Bertz CT molecular complexity index is 865. The number of amides is 1. The molecule has 2 aromatic rings. The SMILES string of the molecule is O=C(OCc1ccccc1)N1C2COCC1CC(O)(c1cccc(OC(F)F)c1)C2. The van der Waals surface area contributed by atoms with Gasteiger partial charge >= 0.3 is 12.7 Å². The Hall–Kier alpha value is -2.71. The predicted molar refractivity (Wildman–Crippen MR) is 103 cm³/mol. The molecule has 2 bridgehead atoms. The molecule has 2 aromatic carbocycles. The molecule has 8 heteroatoms. The minimum atomic E-state index is -2.94. The molecule has 160 valence electrons. The summed E-state index contributed by atoms with van der Waals surface area (Å²) in [7, 11) is 0. The van der Waals surface area contributed by atoms with Gasteiger partial charge in [0, 0.05) is 12.8 Å². The van der Waals surface area contributed by atoms with Crippen molar-refractivity contribution in [1.82, 2.24) is 4.90 Å². The van der Waals surface area contributed by atoms with Gasteiger partial charge in [-0.05, 0) is 23.3 Å². The minimum absolute atomic E-state index is 0.0120. The van der Waals surface area contributed by atoms with Crippen molar-refractivity contribution >= 4 is 6.09 Å². The summed E-state index contributed by atoms with van der Waals surface area (Å²) in [6.07, 6.45) is -0.0292. The lowest BCUT2D eigenvalue weighted by molar-refractivity contribution is -0.137. The summed E-state index contributed by atoms with van der Waals surface area (Å²) in [6.45, 7) is -2.24. The summed E-state index contributed by atoms with van der Waals surface area (Å²) in [5.74, 6) is -0.0120. The van der Waals surface area contributed by atoms with E-state index < -0.39 is 18.3 Å². The molecule has 2 fully saturated rings. The molecule has 2 unspecified atom stereocenters. The second-order valence-electron chi connectivity index (χ2n) is 7.64. The molecule has 0 saturated carbocycles. The Morgan fingerprint density at radius 2 is 1.83 bits per heavy atom. The summed E-state index contributed by atoms with van der Waals surface area (Å²) in [4.78, 5) is 14.4. The molecule has 0 aliphatic carbocycles. The number of morpholine rings is 1. The highest BCUT2D eigenvalue weighted by Gasteiger charge is 2.49. The Balaban J connectivity index is 1.48. The van der Waals surface area contributed by atoms with Crippen molar-refractivity contribution in [2.24, 2.45) is 0 Å². The minimum Gasteiger partial charge on any atom is -0.445 e. The molecule has 0 aromatic heterocycles. The third-order valence-electron chi connectivity index (χ3n) is 5.57. The number of ether oxygens (including phenoxy) is 3. The second kappa shape index (κ2) is 8.57. The van der Waals surface area contributed by atoms with Gasteiger partial charge in [0.2, 0.25) is 0 Å². The number of halogens is 2. The average Bonchev–Trinajstić information content (AvgIpc) is 2.72. The van der Waals surface area contributed by atoms with Gasteiger partial charge in [0.15, 0.2) is 0 Å². The zero-order valence-electron chi connectivity index (χ0n) is 16.2. The Morgan fingerprint density at radius 1 is 1.13 bits per heavy atom. The normalized spacial score (nSPS) is 25.8. The highest BCUT2D eigenvalue weighted by molar-refractivity contribution is 5.69. The molecule has 6 nitrogen and oxygen atoms in total. The van der Waals surface area contributed by atoms with Crippen LogP contribution in [0.1, 0.15) is 24.0 Å². The molecule has 2 aliphatic rings. The summed E-state index contributed by atoms with van der Waals surface area (Å²) in [6, 6.07) is 14.7. The van der Waals surface area contributed by atoms with E-state index in [0.29, 0.717) is 5.56 Å². The van der Waals surface area contributed by atoms with E-state index in [0.717, 1.165) is 5.56 Å². The molecular weight excluding hydrogens is 396 g/mol. The summed E-state index contributed by atoms with van der Waals surface area (Å²) >= 11 is 0. The number of hydrogen-bond donors (Lipinski definition) is 1. The van der Waals surface area contributed by atoms with Gasteiger partial charge in [0.05, 0.1) is 30.9 Å². The standard InChI is InChI=1S/C22H23F2NO5/c23-20(24)30-19-8-4-7-16(9-19)22(27)10-17-13-28-14-18(11-22)25(17)21(26)29-12-15-5-2-1-3-6-15/h1-9,17-18,20,27H,10-14H2. The van der Waals surface area contributed by atoms with Crippen LogP contribution in [0.25, 0.3) is 0 Å². The van der Waals surface area contributed by atoms with Gasteiger partial charge in [-0.1, -0.05) is 42.5 Å². The number of fused-ring (bicyclic) bond motifs is 2. The van der Waals surface area contributed by atoms with Crippen LogP contribution in [0.4, 0.5) is 13.6 Å². The van der Waals surface area contributed by atoms with Gasteiger partial charge in [-0.15, -0.1) is 0 Å². The number of nitrogens with zero attached hydrogens (tertiary/aromatic N) is 1. The fourth-order valence-electron chi connectivity index (χ4n) is 4.27. The molecule has 2 saturated heterocycles. The fraction of sp³-hybridized carbons (Fsp3) is 0.409. The van der Waals surface area contributed by atoms with E-state index in [2.05, 4.69) is 4.74 Å². The van der Waals surface area contributed by atoms with Crippen molar-refractivity contribution in [2.45, 2.75) is 43.7 Å². The van der Waals surface area contributed by atoms with Crippen molar-refractivity contribution in [2.75, 3.05) is 13.2 Å². The van der Waals surface area contributed by atoms with Crippen molar-refractivity contribution in [1.29, 1.82) is 0 Å². The number of alkyl halides is 2. The first-order valence-corrected chi connectivity index (χ1v) is 9.79. The summed E-state index contributed by atoms with van der Waals surface area (Å²) in [5.41, 5.74) is 0.0862. The zero-order chi connectivity index (χ0) is 21.1. The highest BCUT2D eigenvalue weighted by atomic mass is 19.3. The van der Waals surface area contributed by atoms with Crippen LogP contribution in [0.15, 0.2) is 54.6 Å². The van der Waals surface area contributed by atoms with Crippen LogP contribution in [-0.4, -0.2) is 48.0 Å². The van der Waals surface area contributed by atoms with E-state index in [9.17, 15) is 18.7 Å². The van der Waals surface area contributed by atoms with Crippen LogP contribution in [0, 0.1) is 0 Å². The van der Waals surface area contributed by atoms with Crippen LogP contribution < -0.4 is 4.74 Å². The molecule has 30 heavy (non-hydrogen) atoms. The van der Waals surface area contributed by atoms with Crippen LogP contribution in [-0.2, 0) is 21.7 Å². The number of carbonyl (C=O) groups is 1. The summed E-state index contributed by atoms with van der Waals surface area (Å²) < 4.78 is 40.7. The van der Waals surface area contributed by atoms with Crippen molar-refractivity contribution in [3.05, 3.63) is 65.7 Å². The van der Waals surface area contributed by atoms with Crippen LogP contribution >= 0.6 is 0 Å². The lowest BCUT2D eigenvalue weighted by Crippen LogP contribution is -2.62. The van der Waals surface area contributed by atoms with Gasteiger partial charge in [-0.25, -0.2) is 4.79 Å². The first-order valence-electron chi connectivity index (χ1n) is 9.79. The maximum Gasteiger partial charge on any atom is 0.410 e. The molecule has 0 spiro atoms. The van der Waals surface area contributed by atoms with Crippen LogP contribution in [0.5, 0.6) is 5.75 Å². The Labute approximate surface area is 173 Å². The molecule has 2 atom stereocenters. The number of rotatable bonds is 5. The van der Waals surface area contributed by atoms with Crippen LogP contribution in [0.3, 0.4) is 0 Å². The fourth-order valence-corrected chi connectivity index (χ4v) is 4.27. The third kappa shape index (κ3) is 4.39. The van der Waals surface area contributed by atoms with E-state index in [1.165, 1.54) is 12.1 Å². The Morgan fingerprint density at radius 3 is 2.50 bits per heavy atom. The maximum absolute atomic E-state index is 12.8. The second-order valence-corrected chi connectivity index (χ2v) is 7.64. The molecule has 2 heterocycles. The number of piperidine rings is 1. The van der Waals surface area contributed by atoms with Gasteiger partial charge in [-0.2, -0.15) is 8.78 Å². The largest absolute Gasteiger partial charge is 0.445 e. The number of benzene rings is 2. The lowest BCUT2D eigenvalue weighted by Gasteiger charge is -2.51. The first-order chi connectivity index (χ1) is 14.4. The van der Waals surface area contributed by atoms with E-state index in [1.54, 1.807) is 17.0 Å². The van der Waals surface area contributed by atoms with Crippen LogP contribution in [0.2, 0.25) is 0 Å². The quantitative estimate of drug-likeness (QED) is 0.801. The van der Waals surface area contributed by atoms with E-state index in [4.69, 9.17) is 9.47 Å². The number of hydrogen-bond acceptors (Lipinski definition) is 5. The lowest BCUT2D eigenvalue weighted by atomic mass is 9.77. The maximum atomic E-state index is 12.8. The number of carbonyl (C=O) groups excluding carboxylic acids is 1. The van der Waals surface area contributed by atoms with E-state index in [-0.39, 0.29) is 50.5 Å². The predicted octanol–water partition coefficient (Wildman–Crippen LogP) is 3.68. The van der Waals surface area contributed by atoms with Crippen molar-refractivity contribution in [3.63, 3.8) is 0 Å². The molecule has 2 aliphatic heterocycles. The Kier molecular flexibility index (Phi) is 5.87. The topological polar surface area (TPSA) is 68.2 Å². The monoisotopic (exact) mass is 419 g/mol. The third-order valence-corrected chi connectivity index (χ3v) is 5.57. The molecule has 1 amide bonds. The zero-order valence-corrected chi connectivity index (χ0v) is 16.2. The number of aliphatic hydroxyl groups is 1. The van der Waals surface area contributed by atoms with Crippen molar-refractivity contribution in [3.8, 4) is 5.75 Å². The first kappa shape index (κ1) is 20.6. The van der Waals surface area contributed by atoms with E-state index in [1.807, 2.05) is 30.3 Å². The highest BCUT2D eigenvalue weighted by Crippen LogP contribution is 2.42. The van der Waals surface area contributed by atoms with Crippen molar-refractivity contribution < 1.29 is 32.9 Å². The van der Waals surface area contributed by atoms with Gasteiger partial charge < -0.3 is 19.3 Å². The molecular formula is C22H23F2NO5. The summed E-state index contributed by atoms with van der Waals surface area (Å²) in [5, 5.41) is 11.3. The molecule has 4 rings (SSSR count). The van der Waals surface area contributed by atoms with E-state index >= 15 is 0 Å². The average molecular weight is 419 g/mol. The molecule has 0 radical (unpaired) electrons. The van der Waals surface area contributed by atoms with Gasteiger partial charge in [0.1, 0.15) is 12.4 Å². The smallest absolute Gasteiger partial charge is 0.410 e. The van der Waals surface area contributed by atoms with Gasteiger partial charge in [0.25, 0.3) is 0 Å². The van der Waals surface area contributed by atoms with Gasteiger partial charge in [-0.3, -0.25) is 4.90 Å².